The maximum atomic E-state index is 13.5. The topological polar surface area (TPSA) is 33.0 Å². The Morgan fingerprint density at radius 3 is 2.62 bits per heavy atom. The van der Waals surface area contributed by atoms with Gasteiger partial charge in [0.15, 0.2) is 0 Å². The summed E-state index contributed by atoms with van der Waals surface area (Å²) in [6, 6.07) is 12.7. The lowest BCUT2D eigenvalue weighted by molar-refractivity contribution is 0.406. The minimum Gasteiger partial charge on any atom is -0.496 e. The van der Waals surface area contributed by atoms with Crippen LogP contribution in [-0.2, 0) is 6.42 Å². The normalized spacial score (nSPS) is 11.8. The summed E-state index contributed by atoms with van der Waals surface area (Å²) in [5.41, 5.74) is 3.99. The number of benzene rings is 2. The Labute approximate surface area is 124 Å². The molecule has 0 radical (unpaired) electrons. The Morgan fingerprint density at radius 1 is 1.19 bits per heavy atom. The summed E-state index contributed by atoms with van der Waals surface area (Å²) < 4.78 is 18.8. The lowest BCUT2D eigenvalue weighted by Crippen LogP contribution is -2.05. The van der Waals surface area contributed by atoms with Gasteiger partial charge >= 0.3 is 0 Å². The molecule has 0 N–H and O–H groups in total. The van der Waals surface area contributed by atoms with E-state index in [0.717, 1.165) is 16.7 Å². The highest BCUT2D eigenvalue weighted by Gasteiger charge is 2.18. The van der Waals surface area contributed by atoms with Crippen molar-refractivity contribution in [2.45, 2.75) is 26.2 Å². The first-order chi connectivity index (χ1) is 10.0. The Morgan fingerprint density at radius 2 is 1.95 bits per heavy atom. The molecule has 0 spiro atoms. The van der Waals surface area contributed by atoms with Gasteiger partial charge in [0.2, 0.25) is 0 Å². The fourth-order valence-electron chi connectivity index (χ4n) is 2.44. The molecule has 0 saturated heterocycles. The molecule has 2 nitrogen and oxygen atoms in total. The first-order valence-corrected chi connectivity index (χ1v) is 6.84. The molecule has 0 aromatic heterocycles. The Bertz CT molecular complexity index is 688. The number of nitrogens with zero attached hydrogens (tertiary/aromatic N) is 1. The van der Waals surface area contributed by atoms with Crippen molar-refractivity contribution >= 4 is 0 Å². The van der Waals surface area contributed by atoms with Gasteiger partial charge in [-0.3, -0.25) is 0 Å². The van der Waals surface area contributed by atoms with Gasteiger partial charge in [-0.2, -0.15) is 5.26 Å². The molecule has 2 aromatic rings. The molecule has 0 aliphatic carbocycles. The van der Waals surface area contributed by atoms with Gasteiger partial charge in [0.05, 0.1) is 19.1 Å². The second kappa shape index (κ2) is 6.41. The number of nitriles is 1. The average molecular weight is 283 g/mol. The molecule has 2 rings (SSSR count). The first-order valence-electron chi connectivity index (χ1n) is 6.84. The van der Waals surface area contributed by atoms with E-state index in [9.17, 15) is 9.65 Å². The Balaban J connectivity index is 2.39. The van der Waals surface area contributed by atoms with Crippen molar-refractivity contribution in [3.8, 4) is 11.8 Å². The van der Waals surface area contributed by atoms with E-state index < -0.39 is 5.92 Å². The van der Waals surface area contributed by atoms with Crippen molar-refractivity contribution in [2.24, 2.45) is 0 Å². The first kappa shape index (κ1) is 15.1. The highest BCUT2D eigenvalue weighted by Crippen LogP contribution is 2.30. The van der Waals surface area contributed by atoms with Crippen LogP contribution in [0.2, 0.25) is 0 Å². The molecule has 0 heterocycles. The number of rotatable bonds is 4. The van der Waals surface area contributed by atoms with Crippen molar-refractivity contribution in [3.63, 3.8) is 0 Å². The molecule has 21 heavy (non-hydrogen) atoms. The van der Waals surface area contributed by atoms with Crippen LogP contribution in [0.15, 0.2) is 36.4 Å². The summed E-state index contributed by atoms with van der Waals surface area (Å²) in [7, 11) is 1.53. The fraction of sp³-hybridized carbons (Fsp3) is 0.278. The fourth-order valence-corrected chi connectivity index (χ4v) is 2.44. The van der Waals surface area contributed by atoms with Crippen LogP contribution in [0.1, 0.15) is 28.2 Å². The number of hydrogen-bond acceptors (Lipinski definition) is 2. The summed E-state index contributed by atoms with van der Waals surface area (Å²) in [6.07, 6.45) is 0.545. The molecular weight excluding hydrogens is 265 g/mol. The number of hydrogen-bond donors (Lipinski definition) is 0. The molecule has 0 bridgehead atoms. The molecule has 1 unspecified atom stereocenters. The predicted molar refractivity (Wildman–Crippen MR) is 80.9 cm³/mol. The summed E-state index contributed by atoms with van der Waals surface area (Å²) in [5.74, 6) is -0.239. The van der Waals surface area contributed by atoms with E-state index in [-0.39, 0.29) is 5.82 Å². The Hall–Kier alpha value is -2.34. The van der Waals surface area contributed by atoms with Crippen LogP contribution in [0.25, 0.3) is 0 Å². The second-order valence-corrected chi connectivity index (χ2v) is 5.20. The average Bonchev–Trinajstić information content (AvgIpc) is 2.48. The van der Waals surface area contributed by atoms with Gasteiger partial charge in [-0.15, -0.1) is 0 Å². The van der Waals surface area contributed by atoms with Crippen LogP contribution in [0.5, 0.6) is 5.75 Å². The molecule has 3 heteroatoms. The largest absolute Gasteiger partial charge is 0.496 e. The van der Waals surface area contributed by atoms with Crippen molar-refractivity contribution < 1.29 is 9.13 Å². The minimum atomic E-state index is -0.434. The van der Waals surface area contributed by atoms with Crippen LogP contribution >= 0.6 is 0 Å². The van der Waals surface area contributed by atoms with Gasteiger partial charge in [0.1, 0.15) is 11.6 Å². The van der Waals surface area contributed by atoms with Crippen LogP contribution in [0.3, 0.4) is 0 Å². The van der Waals surface area contributed by atoms with E-state index in [0.29, 0.717) is 17.7 Å². The summed E-state index contributed by atoms with van der Waals surface area (Å²) in [5, 5.41) is 9.48. The van der Waals surface area contributed by atoms with Gasteiger partial charge in [-0.05, 0) is 49.6 Å². The highest BCUT2D eigenvalue weighted by atomic mass is 19.1. The standard InChI is InChI=1S/C18H18FNO/c1-12-4-5-13(2)14(8-12)9-15(11-20)17-10-16(19)6-7-18(17)21-3/h4-8,10,15H,9H2,1-3H3. The molecule has 0 amide bonds. The van der Waals surface area contributed by atoms with Gasteiger partial charge in [0.25, 0.3) is 0 Å². The van der Waals surface area contributed by atoms with Gasteiger partial charge in [0, 0.05) is 5.56 Å². The number of methoxy groups -OCH3 is 1. The molecule has 108 valence electrons. The molecule has 0 fully saturated rings. The maximum Gasteiger partial charge on any atom is 0.123 e. The molecule has 0 aliphatic heterocycles. The van der Waals surface area contributed by atoms with Gasteiger partial charge in [-0.1, -0.05) is 23.8 Å². The van der Waals surface area contributed by atoms with Crippen molar-refractivity contribution in [1.82, 2.24) is 0 Å². The minimum absolute atomic E-state index is 0.355. The third-order valence-corrected chi connectivity index (χ3v) is 3.65. The zero-order valence-corrected chi connectivity index (χ0v) is 12.5. The molecule has 1 atom stereocenters. The smallest absolute Gasteiger partial charge is 0.123 e. The maximum absolute atomic E-state index is 13.5. The van der Waals surface area contributed by atoms with E-state index >= 15 is 0 Å². The van der Waals surface area contributed by atoms with E-state index in [1.807, 2.05) is 26.0 Å². The zero-order chi connectivity index (χ0) is 15.4. The van der Waals surface area contributed by atoms with Crippen LogP contribution in [0, 0.1) is 31.0 Å². The van der Waals surface area contributed by atoms with E-state index in [1.165, 1.54) is 19.2 Å². The zero-order valence-electron chi connectivity index (χ0n) is 12.5. The lowest BCUT2D eigenvalue weighted by Gasteiger charge is -2.15. The second-order valence-electron chi connectivity index (χ2n) is 5.20. The number of aryl methyl sites for hydroxylation is 2. The lowest BCUT2D eigenvalue weighted by atomic mass is 9.90. The van der Waals surface area contributed by atoms with E-state index in [2.05, 4.69) is 12.1 Å². The van der Waals surface area contributed by atoms with E-state index in [1.54, 1.807) is 6.07 Å². The number of halogens is 1. The Kier molecular flexibility index (Phi) is 4.59. The third-order valence-electron chi connectivity index (χ3n) is 3.65. The van der Waals surface area contributed by atoms with Crippen molar-refractivity contribution in [2.75, 3.05) is 7.11 Å². The van der Waals surface area contributed by atoms with Gasteiger partial charge < -0.3 is 4.74 Å². The number of ether oxygens (including phenoxy) is 1. The summed E-state index contributed by atoms with van der Waals surface area (Å²) >= 11 is 0. The summed E-state index contributed by atoms with van der Waals surface area (Å²) in [4.78, 5) is 0. The van der Waals surface area contributed by atoms with Crippen molar-refractivity contribution in [3.05, 3.63) is 64.5 Å². The van der Waals surface area contributed by atoms with Crippen molar-refractivity contribution in [1.29, 1.82) is 5.26 Å². The summed E-state index contributed by atoms with van der Waals surface area (Å²) in [6.45, 7) is 4.04. The molecule has 2 aromatic carbocycles. The highest BCUT2D eigenvalue weighted by molar-refractivity contribution is 5.42. The van der Waals surface area contributed by atoms with E-state index in [4.69, 9.17) is 4.74 Å². The molecule has 0 aliphatic rings. The van der Waals surface area contributed by atoms with Gasteiger partial charge in [-0.25, -0.2) is 4.39 Å². The third kappa shape index (κ3) is 3.41. The molecular formula is C18H18FNO. The monoisotopic (exact) mass is 283 g/mol. The SMILES string of the molecule is COc1ccc(F)cc1C(C#N)Cc1cc(C)ccc1C. The quantitative estimate of drug-likeness (QED) is 0.838. The van der Waals surface area contributed by atoms with Crippen LogP contribution < -0.4 is 4.74 Å². The molecule has 0 saturated carbocycles. The predicted octanol–water partition coefficient (Wildman–Crippen LogP) is 4.30. The van der Waals surface area contributed by atoms with Crippen LogP contribution in [0.4, 0.5) is 4.39 Å². The van der Waals surface area contributed by atoms with Crippen LogP contribution in [-0.4, -0.2) is 7.11 Å².